The summed E-state index contributed by atoms with van der Waals surface area (Å²) in [6.07, 6.45) is 8.10. The first kappa shape index (κ1) is 15.1. The lowest BCUT2D eigenvalue weighted by atomic mass is 10.0. The number of fused-ring (bicyclic) bond motifs is 1. The molecule has 1 aromatic carbocycles. The van der Waals surface area contributed by atoms with Gasteiger partial charge in [0.2, 0.25) is 5.91 Å². The van der Waals surface area contributed by atoms with Crippen LogP contribution in [0.2, 0.25) is 0 Å². The lowest BCUT2D eigenvalue weighted by molar-refractivity contribution is -0.132. The largest absolute Gasteiger partial charge is 0.486 e. The molecule has 0 aliphatic carbocycles. The first-order valence-corrected chi connectivity index (χ1v) is 8.43. The average molecular weight is 327 g/mol. The Balaban J connectivity index is 1.42. The monoisotopic (exact) mass is 327 g/mol. The Morgan fingerprint density at radius 1 is 1.25 bits per heavy atom. The minimum absolute atomic E-state index is 0.163. The molecule has 1 fully saturated rings. The van der Waals surface area contributed by atoms with Crippen molar-refractivity contribution in [2.75, 3.05) is 26.3 Å². The van der Waals surface area contributed by atoms with Crippen LogP contribution in [0.3, 0.4) is 0 Å². The molecule has 2 aliphatic heterocycles. The molecule has 0 bridgehead atoms. The summed E-state index contributed by atoms with van der Waals surface area (Å²) in [6, 6.07) is 6.08. The van der Waals surface area contributed by atoms with E-state index in [1.807, 2.05) is 35.6 Å². The minimum atomic E-state index is 0.163. The van der Waals surface area contributed by atoms with Gasteiger partial charge in [0.25, 0.3) is 0 Å². The molecule has 1 amide bonds. The van der Waals surface area contributed by atoms with Gasteiger partial charge in [-0.15, -0.1) is 0 Å². The highest BCUT2D eigenvalue weighted by Gasteiger charge is 2.24. The fraction of sp³-hybridized carbons (Fsp3) is 0.444. The van der Waals surface area contributed by atoms with E-state index in [1.54, 1.807) is 6.20 Å². The Labute approximate surface area is 141 Å². The molecule has 2 aromatic rings. The normalized spacial score (nSPS) is 20.0. The van der Waals surface area contributed by atoms with Gasteiger partial charge in [-0.3, -0.25) is 4.79 Å². The van der Waals surface area contributed by atoms with E-state index in [2.05, 4.69) is 9.55 Å². The van der Waals surface area contributed by atoms with Crippen LogP contribution in [0.15, 0.2) is 36.9 Å². The Morgan fingerprint density at radius 3 is 2.96 bits per heavy atom. The quantitative estimate of drug-likeness (QED) is 0.866. The average Bonchev–Trinajstić information content (AvgIpc) is 3.16. The van der Waals surface area contributed by atoms with E-state index in [1.165, 1.54) is 0 Å². The van der Waals surface area contributed by atoms with Crippen molar-refractivity contribution in [1.29, 1.82) is 0 Å². The van der Waals surface area contributed by atoms with Crippen LogP contribution in [-0.2, 0) is 11.2 Å². The van der Waals surface area contributed by atoms with Gasteiger partial charge in [-0.1, -0.05) is 6.07 Å². The van der Waals surface area contributed by atoms with Gasteiger partial charge >= 0.3 is 0 Å². The van der Waals surface area contributed by atoms with Crippen LogP contribution in [0.4, 0.5) is 0 Å². The maximum Gasteiger partial charge on any atom is 0.227 e. The fourth-order valence-corrected chi connectivity index (χ4v) is 3.39. The van der Waals surface area contributed by atoms with Gasteiger partial charge < -0.3 is 18.9 Å². The van der Waals surface area contributed by atoms with Crippen LogP contribution in [0.5, 0.6) is 11.5 Å². The summed E-state index contributed by atoms with van der Waals surface area (Å²) < 4.78 is 13.2. The van der Waals surface area contributed by atoms with Crippen LogP contribution in [0, 0.1) is 0 Å². The molecule has 1 aromatic heterocycles. The summed E-state index contributed by atoms with van der Waals surface area (Å²) in [5.41, 5.74) is 0.967. The molecule has 24 heavy (non-hydrogen) atoms. The van der Waals surface area contributed by atoms with E-state index in [9.17, 15) is 4.79 Å². The van der Waals surface area contributed by atoms with Crippen molar-refractivity contribution >= 4 is 5.91 Å². The first-order chi connectivity index (χ1) is 11.8. The fourth-order valence-electron chi connectivity index (χ4n) is 3.39. The molecular formula is C18H21N3O3. The highest BCUT2D eigenvalue weighted by Crippen LogP contribution is 2.31. The number of benzene rings is 1. The number of carbonyl (C=O) groups excluding carboxylic acids is 1. The molecule has 1 saturated heterocycles. The topological polar surface area (TPSA) is 56.6 Å². The molecule has 0 radical (unpaired) electrons. The van der Waals surface area contributed by atoms with Gasteiger partial charge in [0.05, 0.1) is 18.8 Å². The van der Waals surface area contributed by atoms with Gasteiger partial charge in [0, 0.05) is 25.5 Å². The number of ether oxygens (including phenoxy) is 2. The van der Waals surface area contributed by atoms with Crippen molar-refractivity contribution < 1.29 is 14.3 Å². The van der Waals surface area contributed by atoms with Crippen LogP contribution in [0.1, 0.15) is 24.4 Å². The number of carbonyl (C=O) groups is 1. The first-order valence-electron chi connectivity index (χ1n) is 8.43. The number of imidazole rings is 1. The van der Waals surface area contributed by atoms with Gasteiger partial charge in [-0.25, -0.2) is 4.98 Å². The molecule has 1 atom stereocenters. The van der Waals surface area contributed by atoms with E-state index in [4.69, 9.17) is 9.47 Å². The highest BCUT2D eigenvalue weighted by atomic mass is 16.6. The number of nitrogens with zero attached hydrogens (tertiary/aromatic N) is 3. The SMILES string of the molecule is O=C(Cc1ccc2c(c1)OCCO2)N1CCCC(n2ccnc2)C1. The second-order valence-corrected chi connectivity index (χ2v) is 6.30. The third-order valence-electron chi connectivity index (χ3n) is 4.66. The van der Waals surface area contributed by atoms with E-state index in [-0.39, 0.29) is 5.91 Å². The zero-order valence-electron chi connectivity index (χ0n) is 13.6. The zero-order chi connectivity index (χ0) is 16.4. The van der Waals surface area contributed by atoms with Crippen molar-refractivity contribution in [2.45, 2.75) is 25.3 Å². The Bertz CT molecular complexity index is 714. The van der Waals surface area contributed by atoms with Gasteiger partial charge in [-0.2, -0.15) is 0 Å². The summed E-state index contributed by atoms with van der Waals surface area (Å²) in [5.74, 6) is 1.66. The van der Waals surface area contributed by atoms with Crippen molar-refractivity contribution in [3.05, 3.63) is 42.5 Å². The predicted molar refractivity (Wildman–Crippen MR) is 88.2 cm³/mol. The molecule has 6 heteroatoms. The van der Waals surface area contributed by atoms with E-state index in [0.717, 1.165) is 43.0 Å². The molecule has 0 saturated carbocycles. The minimum Gasteiger partial charge on any atom is -0.486 e. The zero-order valence-corrected chi connectivity index (χ0v) is 13.6. The summed E-state index contributed by atoms with van der Waals surface area (Å²) in [7, 11) is 0. The maximum absolute atomic E-state index is 12.7. The van der Waals surface area contributed by atoms with Crippen molar-refractivity contribution in [3.63, 3.8) is 0 Å². The van der Waals surface area contributed by atoms with E-state index >= 15 is 0 Å². The molecule has 126 valence electrons. The molecule has 0 N–H and O–H groups in total. The number of hydrogen-bond acceptors (Lipinski definition) is 4. The van der Waals surface area contributed by atoms with Crippen LogP contribution >= 0.6 is 0 Å². The molecule has 2 aliphatic rings. The van der Waals surface area contributed by atoms with Crippen LogP contribution in [0.25, 0.3) is 0 Å². The summed E-state index contributed by atoms with van der Waals surface area (Å²) in [4.78, 5) is 18.8. The molecule has 3 heterocycles. The smallest absolute Gasteiger partial charge is 0.227 e. The number of amides is 1. The second kappa shape index (κ2) is 6.55. The van der Waals surface area contributed by atoms with Crippen LogP contribution < -0.4 is 9.47 Å². The number of piperidine rings is 1. The van der Waals surface area contributed by atoms with E-state index < -0.39 is 0 Å². The summed E-state index contributed by atoms with van der Waals surface area (Å²) in [5, 5.41) is 0. The molecule has 4 rings (SSSR count). The summed E-state index contributed by atoms with van der Waals surface area (Å²) >= 11 is 0. The third kappa shape index (κ3) is 3.09. The summed E-state index contributed by atoms with van der Waals surface area (Å²) in [6.45, 7) is 2.71. The highest BCUT2D eigenvalue weighted by molar-refractivity contribution is 5.79. The Morgan fingerprint density at radius 2 is 2.12 bits per heavy atom. The lowest BCUT2D eigenvalue weighted by Crippen LogP contribution is -2.41. The molecular weight excluding hydrogens is 306 g/mol. The van der Waals surface area contributed by atoms with E-state index in [0.29, 0.717) is 25.7 Å². The number of hydrogen-bond donors (Lipinski definition) is 0. The molecule has 6 nitrogen and oxygen atoms in total. The predicted octanol–water partition coefficient (Wildman–Crippen LogP) is 2.06. The number of aromatic nitrogens is 2. The Kier molecular flexibility index (Phi) is 4.11. The van der Waals surface area contributed by atoms with Crippen LogP contribution in [-0.4, -0.2) is 46.7 Å². The van der Waals surface area contributed by atoms with Crippen molar-refractivity contribution in [1.82, 2.24) is 14.5 Å². The standard InChI is InChI=1S/C18H21N3O3/c22-18(11-14-3-4-16-17(10-14)24-9-8-23-16)20-6-1-2-15(12-20)21-7-5-19-13-21/h3-5,7,10,13,15H,1-2,6,8-9,11-12H2. The second-order valence-electron chi connectivity index (χ2n) is 6.30. The van der Waals surface area contributed by atoms with Gasteiger partial charge in [-0.05, 0) is 30.5 Å². The number of rotatable bonds is 3. The van der Waals surface area contributed by atoms with Crippen molar-refractivity contribution in [2.24, 2.45) is 0 Å². The van der Waals surface area contributed by atoms with Crippen molar-refractivity contribution in [3.8, 4) is 11.5 Å². The third-order valence-corrected chi connectivity index (χ3v) is 4.66. The lowest BCUT2D eigenvalue weighted by Gasteiger charge is -2.33. The number of likely N-dealkylation sites (tertiary alicyclic amines) is 1. The maximum atomic E-state index is 12.7. The molecule has 1 unspecified atom stereocenters. The van der Waals surface area contributed by atoms with Gasteiger partial charge in [0.15, 0.2) is 11.5 Å². The Hall–Kier alpha value is -2.50. The molecule has 0 spiro atoms. The van der Waals surface area contributed by atoms with Gasteiger partial charge in [0.1, 0.15) is 13.2 Å².